The Morgan fingerprint density at radius 1 is 1.26 bits per heavy atom. The number of nitrogens with one attached hydrogen (secondary N) is 2. The van der Waals surface area contributed by atoms with Crippen molar-refractivity contribution in [2.75, 3.05) is 19.6 Å². The predicted octanol–water partition coefficient (Wildman–Crippen LogP) is 3.00. The maximum absolute atomic E-state index is 12.8. The second-order valence-electron chi connectivity index (χ2n) is 7.69. The van der Waals surface area contributed by atoms with Crippen LogP contribution in [-0.4, -0.2) is 47.4 Å². The lowest BCUT2D eigenvalue weighted by Gasteiger charge is -2.26. The third kappa shape index (κ3) is 5.43. The number of hydrogen-bond donors (Lipinski definition) is 2. The summed E-state index contributed by atoms with van der Waals surface area (Å²) in [5.41, 5.74) is 1.07. The van der Waals surface area contributed by atoms with E-state index in [0.717, 1.165) is 55.6 Å². The number of likely N-dealkylation sites (tertiary alicyclic amines) is 1. The van der Waals surface area contributed by atoms with Gasteiger partial charge in [0.2, 0.25) is 5.91 Å². The molecule has 1 aliphatic heterocycles. The van der Waals surface area contributed by atoms with E-state index < -0.39 is 0 Å². The molecule has 1 aromatic heterocycles. The van der Waals surface area contributed by atoms with Crippen molar-refractivity contribution in [2.45, 2.75) is 71.9 Å². The summed E-state index contributed by atoms with van der Waals surface area (Å²) in [5.74, 6) is 1.47. The fourth-order valence-electron chi connectivity index (χ4n) is 4.07. The van der Waals surface area contributed by atoms with Gasteiger partial charge in [0.05, 0.1) is 17.2 Å². The molecule has 2 heterocycles. The van der Waals surface area contributed by atoms with Gasteiger partial charge in [-0.3, -0.25) is 4.79 Å². The topological polar surface area (TPSA) is 69.6 Å². The van der Waals surface area contributed by atoms with Gasteiger partial charge >= 0.3 is 0 Å². The van der Waals surface area contributed by atoms with Gasteiger partial charge in [-0.05, 0) is 40.0 Å². The molecule has 0 bridgehead atoms. The molecule has 150 valence electrons. The number of nitrogens with zero attached hydrogens (tertiary/aromatic N) is 3. The maximum Gasteiger partial charge on any atom is 0.225 e. The summed E-state index contributed by atoms with van der Waals surface area (Å²) in [6.45, 7) is 9.27. The van der Waals surface area contributed by atoms with Crippen molar-refractivity contribution >= 4 is 23.2 Å². The fraction of sp³-hybridized carbons (Fsp3) is 0.750. The lowest BCUT2D eigenvalue weighted by Crippen LogP contribution is -2.45. The van der Waals surface area contributed by atoms with Crippen molar-refractivity contribution < 1.29 is 4.79 Å². The minimum absolute atomic E-state index is 0.261. The van der Waals surface area contributed by atoms with Gasteiger partial charge in [0.1, 0.15) is 0 Å². The number of hydrogen-bond acceptors (Lipinski definition) is 4. The monoisotopic (exact) mass is 391 g/mol. The van der Waals surface area contributed by atoms with Gasteiger partial charge in [0.25, 0.3) is 0 Å². The number of aromatic nitrogens is 1. The van der Waals surface area contributed by atoms with Gasteiger partial charge < -0.3 is 15.5 Å². The molecule has 2 aliphatic rings. The Bertz CT molecular complexity index is 665. The molecular weight excluding hydrogens is 358 g/mol. The minimum atomic E-state index is 0.261. The molecule has 1 saturated carbocycles. The second kappa shape index (κ2) is 9.53. The number of aryl methyl sites for hydroxylation is 2. The van der Waals surface area contributed by atoms with Crippen molar-refractivity contribution in [2.24, 2.45) is 10.9 Å². The zero-order chi connectivity index (χ0) is 19.2. The Kier molecular flexibility index (Phi) is 7.10. The van der Waals surface area contributed by atoms with Crippen molar-refractivity contribution in [3.63, 3.8) is 0 Å². The van der Waals surface area contributed by atoms with E-state index in [9.17, 15) is 4.79 Å². The van der Waals surface area contributed by atoms with Crippen molar-refractivity contribution in [3.05, 3.63) is 15.6 Å². The van der Waals surface area contributed by atoms with E-state index in [2.05, 4.69) is 27.4 Å². The molecule has 2 fully saturated rings. The van der Waals surface area contributed by atoms with Gasteiger partial charge in [-0.15, -0.1) is 11.3 Å². The van der Waals surface area contributed by atoms with Crippen LogP contribution in [0.2, 0.25) is 0 Å². The molecule has 1 aliphatic carbocycles. The molecule has 1 aromatic rings. The van der Waals surface area contributed by atoms with E-state index >= 15 is 0 Å². The first-order chi connectivity index (χ1) is 13.1. The van der Waals surface area contributed by atoms with Gasteiger partial charge in [0, 0.05) is 36.5 Å². The Hall–Kier alpha value is -1.63. The van der Waals surface area contributed by atoms with Crippen molar-refractivity contribution in [1.29, 1.82) is 0 Å². The van der Waals surface area contributed by atoms with Gasteiger partial charge in [0.15, 0.2) is 5.96 Å². The highest BCUT2D eigenvalue weighted by Gasteiger charge is 2.31. The van der Waals surface area contributed by atoms with Crippen molar-refractivity contribution in [3.8, 4) is 0 Å². The van der Waals surface area contributed by atoms with Crippen LogP contribution in [0.5, 0.6) is 0 Å². The molecule has 1 amide bonds. The van der Waals surface area contributed by atoms with Crippen LogP contribution in [0.15, 0.2) is 4.99 Å². The number of carbonyl (C=O) groups excluding carboxylic acids is 1. The highest BCUT2D eigenvalue weighted by atomic mass is 32.1. The predicted molar refractivity (Wildman–Crippen MR) is 111 cm³/mol. The number of amides is 1. The van der Waals surface area contributed by atoms with Crippen LogP contribution >= 0.6 is 11.3 Å². The molecule has 27 heavy (non-hydrogen) atoms. The summed E-state index contributed by atoms with van der Waals surface area (Å²) in [5, 5.41) is 7.95. The summed E-state index contributed by atoms with van der Waals surface area (Å²) in [6.07, 6.45) is 6.84. The Morgan fingerprint density at radius 2 is 2.04 bits per heavy atom. The van der Waals surface area contributed by atoms with Crippen LogP contribution in [-0.2, 0) is 11.3 Å². The largest absolute Gasteiger partial charge is 0.357 e. The molecule has 1 saturated heterocycles. The summed E-state index contributed by atoms with van der Waals surface area (Å²) in [6, 6.07) is 0.277. The normalized spacial score (nSPS) is 21.5. The summed E-state index contributed by atoms with van der Waals surface area (Å²) in [7, 11) is 0. The van der Waals surface area contributed by atoms with Crippen molar-refractivity contribution in [1.82, 2.24) is 20.5 Å². The van der Waals surface area contributed by atoms with E-state index in [-0.39, 0.29) is 12.0 Å². The molecule has 3 rings (SSSR count). The van der Waals surface area contributed by atoms with E-state index in [4.69, 9.17) is 4.99 Å². The van der Waals surface area contributed by atoms with Crippen LogP contribution in [0, 0.1) is 19.8 Å². The minimum Gasteiger partial charge on any atom is -0.357 e. The zero-order valence-electron chi connectivity index (χ0n) is 16.9. The molecule has 7 heteroatoms. The number of thiazole rings is 1. The first-order valence-corrected chi connectivity index (χ1v) is 11.1. The lowest BCUT2D eigenvalue weighted by molar-refractivity contribution is -0.135. The molecule has 0 spiro atoms. The standard InChI is InChI=1S/C20H33N5OS/c1-4-21-20(22-12-18-14(2)23-15(3)27-18)24-17-10-11-25(13-17)19(26)16-8-6-5-7-9-16/h16-17H,4-13H2,1-3H3,(H2,21,22,24). The smallest absolute Gasteiger partial charge is 0.225 e. The average molecular weight is 392 g/mol. The van der Waals surface area contributed by atoms with E-state index in [1.54, 1.807) is 11.3 Å². The van der Waals surface area contributed by atoms with Crippen LogP contribution < -0.4 is 10.6 Å². The van der Waals surface area contributed by atoms with Crippen LogP contribution in [0.3, 0.4) is 0 Å². The van der Waals surface area contributed by atoms with Gasteiger partial charge in [-0.25, -0.2) is 9.98 Å². The quantitative estimate of drug-likeness (QED) is 0.598. The van der Waals surface area contributed by atoms with Crippen LogP contribution in [0.1, 0.15) is 61.0 Å². The van der Waals surface area contributed by atoms with E-state index in [0.29, 0.717) is 12.5 Å². The number of carbonyl (C=O) groups is 1. The Balaban J connectivity index is 1.54. The fourth-order valence-corrected chi connectivity index (χ4v) is 4.93. The van der Waals surface area contributed by atoms with Gasteiger partial charge in [-0.2, -0.15) is 0 Å². The average Bonchev–Trinajstić information content (AvgIpc) is 3.26. The number of guanidine groups is 1. The molecular formula is C20H33N5OS. The molecule has 1 atom stereocenters. The summed E-state index contributed by atoms with van der Waals surface area (Å²) < 4.78 is 0. The zero-order valence-corrected chi connectivity index (χ0v) is 17.7. The number of aliphatic imine (C=N–C) groups is 1. The molecule has 0 radical (unpaired) electrons. The second-order valence-corrected chi connectivity index (χ2v) is 8.97. The highest BCUT2D eigenvalue weighted by molar-refractivity contribution is 7.11. The molecule has 0 aromatic carbocycles. The SMILES string of the molecule is CCNC(=NCc1sc(C)nc1C)NC1CCN(C(=O)C2CCCCC2)C1. The maximum atomic E-state index is 12.8. The molecule has 2 N–H and O–H groups in total. The lowest BCUT2D eigenvalue weighted by atomic mass is 9.88. The third-order valence-corrected chi connectivity index (χ3v) is 6.58. The molecule has 1 unspecified atom stereocenters. The highest BCUT2D eigenvalue weighted by Crippen LogP contribution is 2.26. The first-order valence-electron chi connectivity index (χ1n) is 10.3. The molecule has 6 nitrogen and oxygen atoms in total. The van der Waals surface area contributed by atoms with E-state index in [1.165, 1.54) is 24.1 Å². The third-order valence-electron chi connectivity index (χ3n) is 5.52. The summed E-state index contributed by atoms with van der Waals surface area (Å²) in [4.78, 5) is 25.3. The van der Waals surface area contributed by atoms with E-state index in [1.807, 2.05) is 13.8 Å². The van der Waals surface area contributed by atoms with Gasteiger partial charge in [-0.1, -0.05) is 19.3 Å². The Morgan fingerprint density at radius 3 is 2.70 bits per heavy atom. The summed E-state index contributed by atoms with van der Waals surface area (Å²) >= 11 is 1.71. The Labute approximate surface area is 166 Å². The number of rotatable bonds is 5. The first kappa shape index (κ1) is 20.1. The van der Waals surface area contributed by atoms with Crippen LogP contribution in [0.4, 0.5) is 0 Å². The van der Waals surface area contributed by atoms with Crippen LogP contribution in [0.25, 0.3) is 0 Å².